The number of hydrogen-bond donors (Lipinski definition) is 1. The highest BCUT2D eigenvalue weighted by Gasteiger charge is 2.22. The number of nitrogens with zero attached hydrogens (tertiary/aromatic N) is 4. The maximum absolute atomic E-state index is 12.3. The standard InChI is InChI=1S/C14H19N5OS2/c1-10-4-2-6-18(8-10)12(20)9-22-14-17-16-13(19(14)15)11-5-3-7-21-11/h3,5,7,10H,2,4,6,8-9,15H2,1H3/t10-/m0/s1. The van der Waals surface area contributed by atoms with Crippen LogP contribution >= 0.6 is 23.1 Å². The molecule has 1 amide bonds. The fourth-order valence-electron chi connectivity index (χ4n) is 2.58. The summed E-state index contributed by atoms with van der Waals surface area (Å²) < 4.78 is 1.46. The fourth-order valence-corrected chi connectivity index (χ4v) is 4.05. The molecule has 0 unspecified atom stereocenters. The summed E-state index contributed by atoms with van der Waals surface area (Å²) in [5.41, 5.74) is 0. The van der Waals surface area contributed by atoms with Crippen LogP contribution in [0.5, 0.6) is 0 Å². The van der Waals surface area contributed by atoms with Crippen LogP contribution in [0.25, 0.3) is 10.7 Å². The molecule has 6 nitrogen and oxygen atoms in total. The molecule has 0 bridgehead atoms. The SMILES string of the molecule is C[C@H]1CCCN(C(=O)CSc2nnc(-c3cccs3)n2N)C1. The monoisotopic (exact) mass is 337 g/mol. The number of aromatic nitrogens is 3. The largest absolute Gasteiger partial charge is 0.342 e. The highest BCUT2D eigenvalue weighted by atomic mass is 32.2. The number of likely N-dealkylation sites (tertiary alicyclic amines) is 1. The van der Waals surface area contributed by atoms with E-state index in [2.05, 4.69) is 17.1 Å². The van der Waals surface area contributed by atoms with Crippen LogP contribution in [0.3, 0.4) is 0 Å². The first-order valence-electron chi connectivity index (χ1n) is 7.30. The molecular formula is C14H19N5OS2. The number of rotatable bonds is 4. The molecule has 22 heavy (non-hydrogen) atoms. The molecule has 1 aliphatic heterocycles. The van der Waals surface area contributed by atoms with Crippen molar-refractivity contribution in [1.82, 2.24) is 19.8 Å². The molecule has 118 valence electrons. The average molecular weight is 337 g/mol. The van der Waals surface area contributed by atoms with Gasteiger partial charge in [-0.25, -0.2) is 4.68 Å². The summed E-state index contributed by atoms with van der Waals surface area (Å²) in [6, 6.07) is 3.90. The van der Waals surface area contributed by atoms with Gasteiger partial charge in [0.15, 0.2) is 5.82 Å². The summed E-state index contributed by atoms with van der Waals surface area (Å²) in [7, 11) is 0. The lowest BCUT2D eigenvalue weighted by Crippen LogP contribution is -2.40. The summed E-state index contributed by atoms with van der Waals surface area (Å²) in [6.45, 7) is 3.91. The zero-order valence-corrected chi connectivity index (χ0v) is 14.1. The van der Waals surface area contributed by atoms with E-state index in [9.17, 15) is 4.79 Å². The molecule has 2 aromatic heterocycles. The quantitative estimate of drug-likeness (QED) is 0.683. The van der Waals surface area contributed by atoms with Crippen LogP contribution in [0.1, 0.15) is 19.8 Å². The van der Waals surface area contributed by atoms with Crippen molar-refractivity contribution in [2.24, 2.45) is 5.92 Å². The Labute approximate surface area is 137 Å². The van der Waals surface area contributed by atoms with Crippen LogP contribution in [0.4, 0.5) is 0 Å². The third kappa shape index (κ3) is 3.27. The number of thioether (sulfide) groups is 1. The number of amides is 1. The van der Waals surface area contributed by atoms with Crippen LogP contribution in [0, 0.1) is 5.92 Å². The second-order valence-corrected chi connectivity index (χ2v) is 7.42. The minimum absolute atomic E-state index is 0.150. The lowest BCUT2D eigenvalue weighted by molar-refractivity contribution is -0.130. The molecule has 8 heteroatoms. The molecular weight excluding hydrogens is 318 g/mol. The summed E-state index contributed by atoms with van der Waals surface area (Å²) in [4.78, 5) is 15.2. The molecule has 0 saturated carbocycles. The maximum Gasteiger partial charge on any atom is 0.233 e. The van der Waals surface area contributed by atoms with Gasteiger partial charge in [0.25, 0.3) is 0 Å². The Kier molecular flexibility index (Phi) is 4.68. The smallest absolute Gasteiger partial charge is 0.233 e. The van der Waals surface area contributed by atoms with E-state index in [1.807, 2.05) is 22.4 Å². The Morgan fingerprint density at radius 3 is 3.14 bits per heavy atom. The van der Waals surface area contributed by atoms with E-state index < -0.39 is 0 Å². The van der Waals surface area contributed by atoms with Gasteiger partial charge in [0, 0.05) is 13.1 Å². The van der Waals surface area contributed by atoms with Gasteiger partial charge in [0.1, 0.15) is 0 Å². The molecule has 1 saturated heterocycles. The minimum atomic E-state index is 0.150. The predicted octanol–water partition coefficient (Wildman–Crippen LogP) is 2.07. The van der Waals surface area contributed by atoms with Crippen molar-refractivity contribution in [3.63, 3.8) is 0 Å². The highest BCUT2D eigenvalue weighted by molar-refractivity contribution is 7.99. The van der Waals surface area contributed by atoms with Gasteiger partial charge in [-0.2, -0.15) is 0 Å². The van der Waals surface area contributed by atoms with Crippen LogP contribution in [-0.2, 0) is 4.79 Å². The predicted molar refractivity (Wildman–Crippen MR) is 89.2 cm³/mol. The zero-order valence-electron chi connectivity index (χ0n) is 12.4. The van der Waals surface area contributed by atoms with Gasteiger partial charge in [-0.15, -0.1) is 21.5 Å². The minimum Gasteiger partial charge on any atom is -0.342 e. The van der Waals surface area contributed by atoms with E-state index in [4.69, 9.17) is 5.84 Å². The third-order valence-corrected chi connectivity index (χ3v) is 5.53. The summed E-state index contributed by atoms with van der Waals surface area (Å²) in [5.74, 6) is 7.76. The van der Waals surface area contributed by atoms with Crippen molar-refractivity contribution in [2.45, 2.75) is 24.9 Å². The van der Waals surface area contributed by atoms with Crippen molar-refractivity contribution in [3.05, 3.63) is 17.5 Å². The molecule has 2 N–H and O–H groups in total. The number of carbonyl (C=O) groups excluding carboxylic acids is 1. The second kappa shape index (κ2) is 6.70. The highest BCUT2D eigenvalue weighted by Crippen LogP contribution is 2.25. The van der Waals surface area contributed by atoms with Crippen LogP contribution in [-0.4, -0.2) is 44.5 Å². The molecule has 0 aliphatic carbocycles. The average Bonchev–Trinajstić information content (AvgIpc) is 3.14. The Balaban J connectivity index is 1.61. The zero-order chi connectivity index (χ0) is 15.5. The molecule has 1 aliphatic rings. The Hall–Kier alpha value is -1.54. The molecule has 0 aromatic carbocycles. The first-order valence-corrected chi connectivity index (χ1v) is 9.16. The van der Waals surface area contributed by atoms with E-state index >= 15 is 0 Å². The molecule has 3 rings (SSSR count). The van der Waals surface area contributed by atoms with Crippen LogP contribution in [0.15, 0.2) is 22.7 Å². The van der Waals surface area contributed by atoms with Crippen LogP contribution < -0.4 is 5.84 Å². The van der Waals surface area contributed by atoms with Crippen molar-refractivity contribution >= 4 is 29.0 Å². The molecule has 0 radical (unpaired) electrons. The van der Waals surface area contributed by atoms with Crippen molar-refractivity contribution in [3.8, 4) is 10.7 Å². The van der Waals surface area contributed by atoms with Gasteiger partial charge in [-0.05, 0) is 30.2 Å². The molecule has 2 aromatic rings. The fraction of sp³-hybridized carbons (Fsp3) is 0.500. The molecule has 1 fully saturated rings. The third-order valence-electron chi connectivity index (χ3n) is 3.74. The first kappa shape index (κ1) is 15.4. The van der Waals surface area contributed by atoms with E-state index in [0.29, 0.717) is 22.7 Å². The Morgan fingerprint density at radius 1 is 1.55 bits per heavy atom. The number of thiophene rings is 1. The number of nitrogens with two attached hydrogens (primary N) is 1. The van der Waals surface area contributed by atoms with Gasteiger partial charge in [-0.1, -0.05) is 24.8 Å². The van der Waals surface area contributed by atoms with E-state index in [1.54, 1.807) is 11.3 Å². The lowest BCUT2D eigenvalue weighted by atomic mass is 10.0. The lowest BCUT2D eigenvalue weighted by Gasteiger charge is -2.30. The van der Waals surface area contributed by atoms with Gasteiger partial charge in [0.05, 0.1) is 10.6 Å². The summed E-state index contributed by atoms with van der Waals surface area (Å²) >= 11 is 2.91. The normalized spacial score (nSPS) is 18.6. The number of nitrogen functional groups attached to an aromatic ring is 1. The van der Waals surface area contributed by atoms with E-state index in [0.717, 1.165) is 24.4 Å². The summed E-state index contributed by atoms with van der Waals surface area (Å²) in [5, 5.41) is 10.7. The molecule has 3 heterocycles. The van der Waals surface area contributed by atoms with Gasteiger partial charge < -0.3 is 10.7 Å². The molecule has 1 atom stereocenters. The summed E-state index contributed by atoms with van der Waals surface area (Å²) in [6.07, 6.45) is 2.30. The number of carbonyl (C=O) groups is 1. The number of hydrogen-bond acceptors (Lipinski definition) is 6. The van der Waals surface area contributed by atoms with E-state index in [-0.39, 0.29) is 5.91 Å². The van der Waals surface area contributed by atoms with Gasteiger partial charge in [0.2, 0.25) is 11.1 Å². The van der Waals surface area contributed by atoms with Crippen molar-refractivity contribution in [2.75, 3.05) is 24.7 Å². The van der Waals surface area contributed by atoms with E-state index in [1.165, 1.54) is 22.9 Å². The van der Waals surface area contributed by atoms with Gasteiger partial charge in [-0.3, -0.25) is 4.79 Å². The molecule has 0 spiro atoms. The maximum atomic E-state index is 12.3. The second-order valence-electron chi connectivity index (χ2n) is 5.53. The first-order chi connectivity index (χ1) is 10.6. The Morgan fingerprint density at radius 2 is 2.41 bits per heavy atom. The number of piperidine rings is 1. The van der Waals surface area contributed by atoms with Gasteiger partial charge >= 0.3 is 0 Å². The van der Waals surface area contributed by atoms with Crippen LogP contribution in [0.2, 0.25) is 0 Å². The van der Waals surface area contributed by atoms with Crippen molar-refractivity contribution < 1.29 is 4.79 Å². The Bertz CT molecular complexity index is 640. The topological polar surface area (TPSA) is 77.0 Å². The van der Waals surface area contributed by atoms with Crippen molar-refractivity contribution in [1.29, 1.82) is 0 Å².